The molecule has 1 fully saturated rings. The third-order valence-electron chi connectivity index (χ3n) is 2.38. The molecule has 0 aromatic carbocycles. The van der Waals surface area contributed by atoms with Gasteiger partial charge < -0.3 is 25.1 Å². The molecule has 1 aliphatic rings. The topological polar surface area (TPSA) is 73.9 Å². The van der Waals surface area contributed by atoms with Crippen LogP contribution in [0.2, 0.25) is 0 Å². The number of aliphatic hydroxyl groups excluding tert-OH is 1. The van der Waals surface area contributed by atoms with Gasteiger partial charge in [0.1, 0.15) is 24.5 Å². The van der Waals surface area contributed by atoms with Crippen molar-refractivity contribution in [2.45, 2.75) is 37.6 Å². The van der Waals surface area contributed by atoms with Crippen molar-refractivity contribution in [2.75, 3.05) is 14.2 Å². The van der Waals surface area contributed by atoms with E-state index >= 15 is 0 Å². The maximum Gasteiger partial charge on any atom is 0.135 e. The number of aliphatic hydroxyl groups is 1. The lowest BCUT2D eigenvalue weighted by molar-refractivity contribution is -0.229. The third-order valence-corrected chi connectivity index (χ3v) is 2.38. The van der Waals surface area contributed by atoms with Gasteiger partial charge in [0, 0.05) is 14.2 Å². The van der Waals surface area contributed by atoms with E-state index < -0.39 is 18.4 Å². The van der Waals surface area contributed by atoms with Crippen molar-refractivity contribution in [3.8, 4) is 0 Å². The Balaban J connectivity index is 2.69. The fourth-order valence-electron chi connectivity index (χ4n) is 1.67. The highest BCUT2D eigenvalue weighted by molar-refractivity contribution is 4.89. The van der Waals surface area contributed by atoms with Crippen molar-refractivity contribution in [1.29, 1.82) is 0 Å². The number of hydrogen-bond donors (Lipinski definition) is 2. The van der Waals surface area contributed by atoms with Crippen LogP contribution in [0.15, 0.2) is 0 Å². The fourth-order valence-corrected chi connectivity index (χ4v) is 1.67. The second-order valence-corrected chi connectivity index (χ2v) is 3.20. The Kier molecular flexibility index (Phi) is 3.63. The number of nitrogens with two attached hydrogens (primary N) is 1. The van der Waals surface area contributed by atoms with Gasteiger partial charge in [0.25, 0.3) is 0 Å². The molecule has 0 unspecified atom stereocenters. The average Bonchev–Trinajstić information content (AvgIpc) is 2.04. The van der Waals surface area contributed by atoms with Gasteiger partial charge >= 0.3 is 0 Å². The average molecular weight is 191 g/mol. The monoisotopic (exact) mass is 191 g/mol. The quantitative estimate of drug-likeness (QED) is 0.590. The van der Waals surface area contributed by atoms with Crippen LogP contribution in [0, 0.1) is 0 Å². The van der Waals surface area contributed by atoms with E-state index in [9.17, 15) is 5.11 Å². The molecule has 13 heavy (non-hydrogen) atoms. The molecule has 3 N–H and O–H groups in total. The van der Waals surface area contributed by atoms with E-state index in [1.54, 1.807) is 0 Å². The highest BCUT2D eigenvalue weighted by Gasteiger charge is 2.42. The Labute approximate surface area is 77.8 Å². The first-order valence-electron chi connectivity index (χ1n) is 4.26. The van der Waals surface area contributed by atoms with Crippen LogP contribution in [0.5, 0.6) is 0 Å². The molecular formula is C8H17NO4. The maximum absolute atomic E-state index is 9.76. The summed E-state index contributed by atoms with van der Waals surface area (Å²) >= 11 is 0. The molecule has 5 nitrogen and oxygen atoms in total. The van der Waals surface area contributed by atoms with Crippen molar-refractivity contribution >= 4 is 0 Å². The first-order chi connectivity index (χ1) is 6.11. The van der Waals surface area contributed by atoms with Crippen LogP contribution in [0.3, 0.4) is 0 Å². The van der Waals surface area contributed by atoms with Crippen LogP contribution in [-0.4, -0.2) is 50.0 Å². The van der Waals surface area contributed by atoms with Crippen LogP contribution in [-0.2, 0) is 14.2 Å². The van der Waals surface area contributed by atoms with Crippen molar-refractivity contribution in [1.82, 2.24) is 0 Å². The van der Waals surface area contributed by atoms with E-state index in [1.165, 1.54) is 14.2 Å². The zero-order valence-corrected chi connectivity index (χ0v) is 8.14. The van der Waals surface area contributed by atoms with Gasteiger partial charge in [0.15, 0.2) is 0 Å². The summed E-state index contributed by atoms with van der Waals surface area (Å²) < 4.78 is 15.4. The molecule has 1 rings (SSSR count). The summed E-state index contributed by atoms with van der Waals surface area (Å²) in [6.07, 6.45) is -2.47. The van der Waals surface area contributed by atoms with Gasteiger partial charge in [0.2, 0.25) is 0 Å². The van der Waals surface area contributed by atoms with Gasteiger partial charge in [-0.25, -0.2) is 0 Å². The smallest absolute Gasteiger partial charge is 0.135 e. The van der Waals surface area contributed by atoms with Gasteiger partial charge in [0.05, 0.1) is 6.10 Å². The van der Waals surface area contributed by atoms with Crippen molar-refractivity contribution in [3.05, 3.63) is 0 Å². The summed E-state index contributed by atoms with van der Waals surface area (Å²) in [5.74, 6) is 0. The molecule has 0 aromatic heterocycles. The molecule has 5 atom stereocenters. The lowest BCUT2D eigenvalue weighted by atomic mass is 9.99. The predicted octanol–water partition coefficient (Wildman–Crippen LogP) is -0.919. The van der Waals surface area contributed by atoms with E-state index in [2.05, 4.69) is 0 Å². The highest BCUT2D eigenvalue weighted by Crippen LogP contribution is 2.22. The van der Waals surface area contributed by atoms with Gasteiger partial charge in [-0.2, -0.15) is 0 Å². The molecule has 1 heterocycles. The fraction of sp³-hybridized carbons (Fsp3) is 1.00. The summed E-state index contributed by atoms with van der Waals surface area (Å²) in [6, 6.07) is 0. The van der Waals surface area contributed by atoms with E-state index in [4.69, 9.17) is 19.9 Å². The standard InChI is InChI=1S/C8H17NO4/c1-4-6(11-2)5(10)7(12-3)8(9)13-4/h4-8,10H,9H2,1-3H3/t4-,5+,6-,7+,8-/m0/s1. The SMILES string of the molecule is CO[C@@H]1[C@@H](O)[C@@H](OC)[C@@H](N)O[C@H]1C. The summed E-state index contributed by atoms with van der Waals surface area (Å²) in [4.78, 5) is 0. The molecule has 0 radical (unpaired) electrons. The third kappa shape index (κ3) is 2.00. The Morgan fingerprint density at radius 3 is 2.23 bits per heavy atom. The highest BCUT2D eigenvalue weighted by atomic mass is 16.6. The van der Waals surface area contributed by atoms with Crippen LogP contribution < -0.4 is 5.73 Å². The Bertz CT molecular complexity index is 150. The molecule has 0 aromatic rings. The van der Waals surface area contributed by atoms with Crippen LogP contribution >= 0.6 is 0 Å². The summed E-state index contributed by atoms with van der Waals surface area (Å²) in [5.41, 5.74) is 5.62. The van der Waals surface area contributed by atoms with Gasteiger partial charge in [-0.1, -0.05) is 0 Å². The molecule has 0 aliphatic carbocycles. The van der Waals surface area contributed by atoms with Gasteiger partial charge in [-0.15, -0.1) is 0 Å². The molecule has 0 bridgehead atoms. The van der Waals surface area contributed by atoms with E-state index in [-0.39, 0.29) is 12.2 Å². The summed E-state index contributed by atoms with van der Waals surface area (Å²) in [5, 5.41) is 9.76. The zero-order valence-electron chi connectivity index (χ0n) is 8.14. The first-order valence-corrected chi connectivity index (χ1v) is 4.26. The number of methoxy groups -OCH3 is 2. The number of hydrogen-bond acceptors (Lipinski definition) is 5. The Hall–Kier alpha value is -0.200. The van der Waals surface area contributed by atoms with Crippen LogP contribution in [0.25, 0.3) is 0 Å². The minimum absolute atomic E-state index is 0.221. The lowest BCUT2D eigenvalue weighted by Crippen LogP contribution is -2.60. The van der Waals surface area contributed by atoms with Crippen LogP contribution in [0.1, 0.15) is 6.92 Å². The summed E-state index contributed by atoms with van der Waals surface area (Å²) in [6.45, 7) is 1.81. The molecular weight excluding hydrogens is 174 g/mol. The first kappa shape index (κ1) is 10.9. The molecule has 1 aliphatic heterocycles. The van der Waals surface area contributed by atoms with Gasteiger partial charge in [-0.3, -0.25) is 0 Å². The lowest BCUT2D eigenvalue weighted by Gasteiger charge is -2.40. The van der Waals surface area contributed by atoms with E-state index in [1.807, 2.05) is 6.92 Å². The number of ether oxygens (including phenoxy) is 3. The molecule has 78 valence electrons. The van der Waals surface area contributed by atoms with E-state index in [0.29, 0.717) is 0 Å². The Morgan fingerprint density at radius 1 is 1.23 bits per heavy atom. The molecule has 1 saturated heterocycles. The molecule has 0 amide bonds. The minimum Gasteiger partial charge on any atom is -0.387 e. The zero-order chi connectivity index (χ0) is 10.0. The largest absolute Gasteiger partial charge is 0.387 e. The van der Waals surface area contributed by atoms with E-state index in [0.717, 1.165) is 0 Å². The molecule has 0 saturated carbocycles. The summed E-state index contributed by atoms with van der Waals surface area (Å²) in [7, 11) is 3.01. The second kappa shape index (κ2) is 4.34. The van der Waals surface area contributed by atoms with Gasteiger partial charge in [-0.05, 0) is 6.92 Å². The van der Waals surface area contributed by atoms with Crippen molar-refractivity contribution in [2.24, 2.45) is 5.73 Å². The Morgan fingerprint density at radius 2 is 1.77 bits per heavy atom. The molecule has 0 spiro atoms. The second-order valence-electron chi connectivity index (χ2n) is 3.20. The van der Waals surface area contributed by atoms with Crippen molar-refractivity contribution in [3.63, 3.8) is 0 Å². The normalized spacial score (nSPS) is 46.4. The van der Waals surface area contributed by atoms with Crippen molar-refractivity contribution < 1.29 is 19.3 Å². The maximum atomic E-state index is 9.76. The molecule has 5 heteroatoms. The minimum atomic E-state index is -0.742. The number of rotatable bonds is 2. The van der Waals surface area contributed by atoms with Crippen LogP contribution in [0.4, 0.5) is 0 Å². The predicted molar refractivity (Wildman–Crippen MR) is 46.1 cm³/mol.